The Kier molecular flexibility index (Phi) is 4.74. The molecule has 3 aromatic rings. The van der Waals surface area contributed by atoms with Crippen molar-refractivity contribution in [3.8, 4) is 11.1 Å². The van der Waals surface area contributed by atoms with Crippen LogP contribution in [-0.2, 0) is 6.54 Å². The third kappa shape index (κ3) is 3.34. The predicted molar refractivity (Wildman–Crippen MR) is 117 cm³/mol. The number of rotatable bonds is 3. The topological polar surface area (TPSA) is 62.3 Å². The zero-order valence-corrected chi connectivity index (χ0v) is 17.1. The van der Waals surface area contributed by atoms with Crippen LogP contribution in [-0.4, -0.2) is 34.8 Å². The Hall–Kier alpha value is -3.21. The van der Waals surface area contributed by atoms with Gasteiger partial charge >= 0.3 is 0 Å². The van der Waals surface area contributed by atoms with Crippen molar-refractivity contribution in [2.24, 2.45) is 0 Å². The Morgan fingerprint density at radius 1 is 1.10 bits per heavy atom. The first kappa shape index (κ1) is 18.8. The molecular formula is C25H25N3O2. The van der Waals surface area contributed by atoms with Crippen molar-refractivity contribution < 1.29 is 9.59 Å². The van der Waals surface area contributed by atoms with E-state index >= 15 is 0 Å². The normalized spacial score (nSPS) is 16.7. The summed E-state index contributed by atoms with van der Waals surface area (Å²) >= 11 is 0. The molecule has 1 N–H and O–H groups in total. The van der Waals surface area contributed by atoms with Gasteiger partial charge in [-0.15, -0.1) is 0 Å². The number of hydrogen-bond acceptors (Lipinski definition) is 3. The Balaban J connectivity index is 1.46. The number of hydrogen-bond donors (Lipinski definition) is 1. The third-order valence-corrected chi connectivity index (χ3v) is 6.32. The van der Waals surface area contributed by atoms with Crippen molar-refractivity contribution in [1.82, 2.24) is 15.2 Å². The molecule has 5 heteroatoms. The van der Waals surface area contributed by atoms with E-state index in [2.05, 4.69) is 22.4 Å². The van der Waals surface area contributed by atoms with E-state index in [1.807, 2.05) is 30.3 Å². The molecule has 5 nitrogen and oxygen atoms in total. The van der Waals surface area contributed by atoms with E-state index in [0.29, 0.717) is 23.8 Å². The summed E-state index contributed by atoms with van der Waals surface area (Å²) in [7, 11) is 1.79. The molecule has 0 spiro atoms. The third-order valence-electron chi connectivity index (χ3n) is 6.32. The largest absolute Gasteiger partial charge is 0.349 e. The van der Waals surface area contributed by atoms with Crippen LogP contribution in [0.5, 0.6) is 0 Å². The van der Waals surface area contributed by atoms with Gasteiger partial charge < -0.3 is 10.2 Å². The molecule has 0 atom stereocenters. The minimum atomic E-state index is -0.0249. The lowest BCUT2D eigenvalue weighted by atomic mass is 9.94. The molecule has 152 valence electrons. The fraction of sp³-hybridized carbons (Fsp3) is 0.320. The lowest BCUT2D eigenvalue weighted by molar-refractivity contribution is 0.0811. The molecule has 2 aliphatic rings. The van der Waals surface area contributed by atoms with Gasteiger partial charge in [0, 0.05) is 42.5 Å². The van der Waals surface area contributed by atoms with Crippen LogP contribution in [0.4, 0.5) is 0 Å². The molecule has 1 fully saturated rings. The molecule has 2 amide bonds. The van der Waals surface area contributed by atoms with Gasteiger partial charge in [0.05, 0.1) is 0 Å². The molecule has 0 radical (unpaired) electrons. The van der Waals surface area contributed by atoms with Crippen molar-refractivity contribution in [3.05, 3.63) is 65.5 Å². The van der Waals surface area contributed by atoms with E-state index in [-0.39, 0.29) is 11.8 Å². The second kappa shape index (κ2) is 7.56. The van der Waals surface area contributed by atoms with Crippen molar-refractivity contribution >= 4 is 22.6 Å². The van der Waals surface area contributed by atoms with Gasteiger partial charge in [0.15, 0.2) is 0 Å². The zero-order chi connectivity index (χ0) is 20.7. The van der Waals surface area contributed by atoms with E-state index in [1.165, 1.54) is 19.3 Å². The molecule has 30 heavy (non-hydrogen) atoms. The SMILES string of the molecule is CN1Cc2cc(-c3cccc4cc(C(=O)NC5CCCCC5)ccc34)cnc2C1=O. The van der Waals surface area contributed by atoms with Gasteiger partial charge in [-0.2, -0.15) is 0 Å². The quantitative estimate of drug-likeness (QED) is 0.703. The van der Waals surface area contributed by atoms with Gasteiger partial charge in [-0.1, -0.05) is 43.5 Å². The molecule has 0 bridgehead atoms. The molecule has 1 saturated carbocycles. The fourth-order valence-electron chi connectivity index (χ4n) is 4.67. The monoisotopic (exact) mass is 399 g/mol. The number of fused-ring (bicyclic) bond motifs is 2. The van der Waals surface area contributed by atoms with Crippen molar-refractivity contribution in [3.63, 3.8) is 0 Å². The summed E-state index contributed by atoms with van der Waals surface area (Å²) in [5.41, 5.74) is 4.25. The van der Waals surface area contributed by atoms with Gasteiger partial charge in [0.2, 0.25) is 0 Å². The number of carbonyl (C=O) groups excluding carboxylic acids is 2. The van der Waals surface area contributed by atoms with Gasteiger partial charge in [0.1, 0.15) is 5.69 Å². The highest BCUT2D eigenvalue weighted by atomic mass is 16.2. The average Bonchev–Trinajstić information content (AvgIpc) is 3.06. The molecular weight excluding hydrogens is 374 g/mol. The number of pyridine rings is 1. The van der Waals surface area contributed by atoms with Crippen LogP contribution in [0.15, 0.2) is 48.7 Å². The number of nitrogens with zero attached hydrogens (tertiary/aromatic N) is 2. The number of nitrogens with one attached hydrogen (secondary N) is 1. The highest BCUT2D eigenvalue weighted by Crippen LogP contribution is 2.32. The van der Waals surface area contributed by atoms with Crippen LogP contribution >= 0.6 is 0 Å². The summed E-state index contributed by atoms with van der Waals surface area (Å²) in [6.07, 6.45) is 7.59. The summed E-state index contributed by atoms with van der Waals surface area (Å²) in [6.45, 7) is 0.589. The summed E-state index contributed by atoms with van der Waals surface area (Å²) in [4.78, 5) is 31.0. The average molecular weight is 399 g/mol. The van der Waals surface area contributed by atoms with Crippen LogP contribution in [0.2, 0.25) is 0 Å². The lowest BCUT2D eigenvalue weighted by Crippen LogP contribution is -2.36. The first-order chi connectivity index (χ1) is 14.6. The second-order valence-corrected chi connectivity index (χ2v) is 8.44. The fourth-order valence-corrected chi connectivity index (χ4v) is 4.67. The minimum Gasteiger partial charge on any atom is -0.349 e. The van der Waals surface area contributed by atoms with Crippen LogP contribution in [0, 0.1) is 0 Å². The minimum absolute atomic E-state index is 0.00921. The standard InChI is InChI=1S/C25H25N3O2/c1-28-15-19-13-18(14-26-23(19)25(28)30)21-9-5-6-16-12-17(10-11-22(16)21)24(29)27-20-7-3-2-4-8-20/h5-6,9-14,20H,2-4,7-8,15H2,1H3,(H,27,29). The number of amides is 2. The maximum absolute atomic E-state index is 12.7. The highest BCUT2D eigenvalue weighted by Gasteiger charge is 2.26. The van der Waals surface area contributed by atoms with Crippen molar-refractivity contribution in [1.29, 1.82) is 0 Å². The molecule has 2 heterocycles. The number of carbonyl (C=O) groups is 2. The summed E-state index contributed by atoms with van der Waals surface area (Å²) in [6, 6.07) is 14.4. The summed E-state index contributed by atoms with van der Waals surface area (Å²) in [5, 5.41) is 5.30. The van der Waals surface area contributed by atoms with Gasteiger partial charge in [-0.3, -0.25) is 14.6 Å². The molecule has 0 unspecified atom stereocenters. The first-order valence-electron chi connectivity index (χ1n) is 10.7. The van der Waals surface area contributed by atoms with Gasteiger partial charge in [0.25, 0.3) is 11.8 Å². The van der Waals surface area contributed by atoms with E-state index in [1.54, 1.807) is 18.1 Å². The maximum Gasteiger partial charge on any atom is 0.272 e. The highest BCUT2D eigenvalue weighted by molar-refractivity contribution is 6.03. The Bertz CT molecular complexity index is 1150. The van der Waals surface area contributed by atoms with Crippen molar-refractivity contribution in [2.45, 2.75) is 44.7 Å². The van der Waals surface area contributed by atoms with E-state index in [9.17, 15) is 9.59 Å². The Morgan fingerprint density at radius 3 is 2.77 bits per heavy atom. The van der Waals surface area contributed by atoms with Crippen LogP contribution in [0.1, 0.15) is 58.5 Å². The van der Waals surface area contributed by atoms with E-state index in [0.717, 1.165) is 40.3 Å². The van der Waals surface area contributed by atoms with Gasteiger partial charge in [-0.05, 0) is 47.4 Å². The van der Waals surface area contributed by atoms with Crippen LogP contribution < -0.4 is 5.32 Å². The molecule has 1 aliphatic heterocycles. The van der Waals surface area contributed by atoms with E-state index in [4.69, 9.17) is 0 Å². The Labute approximate surface area is 176 Å². The molecule has 1 aliphatic carbocycles. The summed E-state index contributed by atoms with van der Waals surface area (Å²) < 4.78 is 0. The van der Waals surface area contributed by atoms with E-state index < -0.39 is 0 Å². The second-order valence-electron chi connectivity index (χ2n) is 8.44. The summed E-state index contributed by atoms with van der Waals surface area (Å²) in [5.74, 6) is -0.0157. The van der Waals surface area contributed by atoms with Gasteiger partial charge in [-0.25, -0.2) is 0 Å². The predicted octanol–water partition coefficient (Wildman–Crippen LogP) is 4.55. The smallest absolute Gasteiger partial charge is 0.272 e. The van der Waals surface area contributed by atoms with Crippen LogP contribution in [0.25, 0.3) is 21.9 Å². The molecule has 2 aromatic carbocycles. The molecule has 5 rings (SSSR count). The molecule has 1 aromatic heterocycles. The van der Waals surface area contributed by atoms with Crippen LogP contribution in [0.3, 0.4) is 0 Å². The number of aromatic nitrogens is 1. The molecule has 0 saturated heterocycles. The Morgan fingerprint density at radius 2 is 1.93 bits per heavy atom. The number of benzene rings is 2. The lowest BCUT2D eigenvalue weighted by Gasteiger charge is -2.22. The zero-order valence-electron chi connectivity index (χ0n) is 17.1. The first-order valence-corrected chi connectivity index (χ1v) is 10.7. The van der Waals surface area contributed by atoms with Crippen molar-refractivity contribution in [2.75, 3.05) is 7.05 Å². The maximum atomic E-state index is 12.7.